The monoisotopic (exact) mass is 326 g/mol. The summed E-state index contributed by atoms with van der Waals surface area (Å²) in [5, 5.41) is 10.8. The van der Waals surface area contributed by atoms with Crippen molar-refractivity contribution >= 4 is 0 Å². The summed E-state index contributed by atoms with van der Waals surface area (Å²) in [6.07, 6.45) is 0.134. The molecule has 3 rings (SSSR count). The Hall–Kier alpha value is -1.26. The summed E-state index contributed by atoms with van der Waals surface area (Å²) in [4.78, 5) is 1.65. The maximum Gasteiger partial charge on any atom is 0.161 e. The molecule has 4 nitrogen and oxygen atoms in total. The molecule has 128 valence electrons. The lowest BCUT2D eigenvalue weighted by molar-refractivity contribution is -0.0191. The molecule has 1 N–H and O–H groups in total. The van der Waals surface area contributed by atoms with Crippen LogP contribution in [0.25, 0.3) is 0 Å². The molecule has 3 atom stereocenters. The molecule has 1 aromatic carbocycles. The molecule has 0 bridgehead atoms. The standard InChI is InChI=1S/C19H29NO3/c1-12(2)7-14-11-20-6-5-13-8-18(22-3)19(23-4)9-15(13)16(20)10-17(14)21/h8-9,12,14,16-17,21H,5-7,10-11H2,1-4H3/i4D3,8D,9D,11D2. The van der Waals surface area contributed by atoms with Crippen molar-refractivity contribution < 1.29 is 24.2 Å². The van der Waals surface area contributed by atoms with Crippen molar-refractivity contribution in [3.05, 3.63) is 23.2 Å². The number of piperidine rings is 1. The number of aliphatic hydroxyl groups is 1. The van der Waals surface area contributed by atoms with E-state index in [1.165, 1.54) is 7.11 Å². The van der Waals surface area contributed by atoms with Crippen LogP contribution in [0, 0.1) is 11.8 Å². The van der Waals surface area contributed by atoms with E-state index in [0.29, 0.717) is 30.5 Å². The minimum Gasteiger partial charge on any atom is -0.493 e. The number of aliphatic hydroxyl groups excluding tert-OH is 1. The van der Waals surface area contributed by atoms with Gasteiger partial charge in [-0.1, -0.05) is 13.8 Å². The lowest BCUT2D eigenvalue weighted by Gasteiger charge is -2.46. The molecule has 0 amide bonds. The van der Waals surface area contributed by atoms with Crippen LogP contribution in [0.2, 0.25) is 0 Å². The average molecular weight is 326 g/mol. The van der Waals surface area contributed by atoms with Crippen LogP contribution in [0.3, 0.4) is 0 Å². The van der Waals surface area contributed by atoms with E-state index in [9.17, 15) is 5.11 Å². The molecule has 2 heterocycles. The molecule has 0 aliphatic carbocycles. The maximum absolute atomic E-state index is 10.8. The highest BCUT2D eigenvalue weighted by molar-refractivity contribution is 5.49. The second-order valence-electron chi connectivity index (χ2n) is 6.73. The van der Waals surface area contributed by atoms with Crippen molar-refractivity contribution in [2.24, 2.45) is 11.8 Å². The summed E-state index contributed by atoms with van der Waals surface area (Å²) in [6, 6.07) is -0.931. The Morgan fingerprint density at radius 2 is 2.22 bits per heavy atom. The van der Waals surface area contributed by atoms with Crippen LogP contribution in [-0.2, 0) is 6.42 Å². The van der Waals surface area contributed by atoms with Crippen molar-refractivity contribution in [3.63, 3.8) is 0 Å². The largest absolute Gasteiger partial charge is 0.493 e. The first-order valence-corrected chi connectivity index (χ1v) is 8.13. The molecule has 3 unspecified atom stereocenters. The number of rotatable bonds is 4. The lowest BCUT2D eigenvalue weighted by Crippen LogP contribution is -2.48. The molecule has 0 aromatic heterocycles. The van der Waals surface area contributed by atoms with Gasteiger partial charge in [0, 0.05) is 21.8 Å². The van der Waals surface area contributed by atoms with E-state index in [1.54, 1.807) is 4.90 Å². The zero-order chi connectivity index (χ0) is 22.6. The molecule has 0 radical (unpaired) electrons. The van der Waals surface area contributed by atoms with Gasteiger partial charge in [-0.25, -0.2) is 0 Å². The number of hydrogen-bond donors (Lipinski definition) is 1. The fraction of sp³-hybridized carbons (Fsp3) is 0.684. The van der Waals surface area contributed by atoms with Crippen LogP contribution in [0.5, 0.6) is 11.5 Å². The SMILES string of the molecule is [2H]c1c2c(c([2H])c(OC([2H])([2H])[2H])c1OC)C1CC(O)C(CC(C)C)C([2H])([2H])N1CC2. The third-order valence-electron chi connectivity index (χ3n) is 4.65. The van der Waals surface area contributed by atoms with Gasteiger partial charge >= 0.3 is 0 Å². The summed E-state index contributed by atoms with van der Waals surface area (Å²) < 4.78 is 67.2. The van der Waals surface area contributed by atoms with Gasteiger partial charge in [0.1, 0.15) is 0 Å². The van der Waals surface area contributed by atoms with E-state index in [1.807, 2.05) is 13.8 Å². The summed E-state index contributed by atoms with van der Waals surface area (Å²) in [6.45, 7) is 2.50. The van der Waals surface area contributed by atoms with Gasteiger partial charge in [0.2, 0.25) is 0 Å². The first-order valence-electron chi connectivity index (χ1n) is 11.6. The summed E-state index contributed by atoms with van der Waals surface area (Å²) >= 11 is 0. The molecule has 0 saturated carbocycles. The van der Waals surface area contributed by atoms with Crippen molar-refractivity contribution in [3.8, 4) is 11.5 Å². The Morgan fingerprint density at radius 1 is 1.43 bits per heavy atom. The van der Waals surface area contributed by atoms with Crippen LogP contribution in [0.4, 0.5) is 0 Å². The number of benzene rings is 1. The van der Waals surface area contributed by atoms with E-state index in [4.69, 9.17) is 19.1 Å². The van der Waals surface area contributed by atoms with Gasteiger partial charge in [-0.05, 0) is 54.3 Å². The Labute approximate surface area is 149 Å². The van der Waals surface area contributed by atoms with Gasteiger partial charge < -0.3 is 14.6 Å². The molecular formula is C19H29NO3. The smallest absolute Gasteiger partial charge is 0.161 e. The van der Waals surface area contributed by atoms with Gasteiger partial charge in [0.15, 0.2) is 11.5 Å². The second-order valence-corrected chi connectivity index (χ2v) is 6.73. The minimum absolute atomic E-state index is 0.0539. The molecule has 2 aliphatic heterocycles. The molecule has 23 heavy (non-hydrogen) atoms. The van der Waals surface area contributed by atoms with Crippen molar-refractivity contribution in [1.29, 1.82) is 0 Å². The van der Waals surface area contributed by atoms with Crippen LogP contribution in [0.1, 0.15) is 53.5 Å². The highest BCUT2D eigenvalue weighted by Gasteiger charge is 2.38. The Bertz CT molecular complexity index is 813. The number of hydrogen-bond acceptors (Lipinski definition) is 4. The van der Waals surface area contributed by atoms with E-state index in [-0.39, 0.29) is 35.9 Å². The van der Waals surface area contributed by atoms with Crippen LogP contribution >= 0.6 is 0 Å². The Kier molecular flexibility index (Phi) is 2.88. The zero-order valence-corrected chi connectivity index (χ0v) is 13.8. The van der Waals surface area contributed by atoms with Crippen molar-refractivity contribution in [2.45, 2.75) is 45.3 Å². The molecule has 1 aromatic rings. The van der Waals surface area contributed by atoms with Gasteiger partial charge in [-0.15, -0.1) is 0 Å². The fourth-order valence-corrected chi connectivity index (χ4v) is 3.57. The van der Waals surface area contributed by atoms with Gasteiger partial charge in [0.05, 0.1) is 27.1 Å². The number of ether oxygens (including phenoxy) is 2. The van der Waals surface area contributed by atoms with Crippen molar-refractivity contribution in [2.75, 3.05) is 27.2 Å². The predicted molar refractivity (Wildman–Crippen MR) is 91.1 cm³/mol. The lowest BCUT2D eigenvalue weighted by atomic mass is 9.79. The zero-order valence-electron chi connectivity index (χ0n) is 20.8. The third kappa shape index (κ3) is 3.20. The second kappa shape index (κ2) is 6.70. The van der Waals surface area contributed by atoms with E-state index >= 15 is 0 Å². The van der Waals surface area contributed by atoms with E-state index in [0.717, 1.165) is 0 Å². The Morgan fingerprint density at radius 3 is 2.91 bits per heavy atom. The number of methoxy groups -OCH3 is 2. The quantitative estimate of drug-likeness (QED) is 0.923. The molecule has 1 fully saturated rings. The fourth-order valence-electron chi connectivity index (χ4n) is 3.57. The minimum atomic E-state index is -2.83. The number of nitrogens with zero attached hydrogens (tertiary/aromatic N) is 1. The first-order chi connectivity index (χ1) is 13.8. The highest BCUT2D eigenvalue weighted by Crippen LogP contribution is 2.43. The highest BCUT2D eigenvalue weighted by atomic mass is 16.5. The van der Waals surface area contributed by atoms with E-state index in [2.05, 4.69) is 0 Å². The molecule has 1 saturated heterocycles. The van der Waals surface area contributed by atoms with Crippen LogP contribution in [0.15, 0.2) is 12.1 Å². The average Bonchev–Trinajstić information content (AvgIpc) is 2.61. The number of fused-ring (bicyclic) bond motifs is 3. The predicted octanol–water partition coefficient (Wildman–Crippen LogP) is 3.03. The topological polar surface area (TPSA) is 41.9 Å². The summed E-state index contributed by atoms with van der Waals surface area (Å²) in [7, 11) is -1.54. The summed E-state index contributed by atoms with van der Waals surface area (Å²) in [5.74, 6) is -0.817. The van der Waals surface area contributed by atoms with E-state index < -0.39 is 31.6 Å². The molecular weight excluding hydrogens is 290 g/mol. The van der Waals surface area contributed by atoms with Crippen LogP contribution in [-0.4, -0.2) is 43.3 Å². The summed E-state index contributed by atoms with van der Waals surface area (Å²) in [5.41, 5.74) is 0.860. The molecule has 0 spiro atoms. The van der Waals surface area contributed by atoms with Gasteiger partial charge in [-0.2, -0.15) is 0 Å². The molecule has 4 heteroatoms. The normalized spacial score (nSPS) is 34.7. The van der Waals surface area contributed by atoms with Gasteiger partial charge in [-0.3, -0.25) is 4.90 Å². The maximum atomic E-state index is 10.8. The van der Waals surface area contributed by atoms with Crippen LogP contribution < -0.4 is 9.47 Å². The molecule has 2 aliphatic rings. The van der Waals surface area contributed by atoms with Crippen molar-refractivity contribution in [1.82, 2.24) is 4.90 Å². The first kappa shape index (κ1) is 9.90. The third-order valence-corrected chi connectivity index (χ3v) is 4.65. The Balaban J connectivity index is 2.14. The van der Waals surface area contributed by atoms with Gasteiger partial charge in [0.25, 0.3) is 0 Å².